The van der Waals surface area contributed by atoms with Crippen LogP contribution in [0.5, 0.6) is 5.75 Å². The Morgan fingerprint density at radius 3 is 2.47 bits per heavy atom. The number of amides is 1. The molecule has 1 atom stereocenters. The molecule has 0 fully saturated rings. The quantitative estimate of drug-likeness (QED) is 0.325. The fourth-order valence-corrected chi connectivity index (χ4v) is 5.17. The molecule has 0 bridgehead atoms. The Kier molecular flexibility index (Phi) is 7.84. The van der Waals surface area contributed by atoms with Crippen LogP contribution >= 0.6 is 15.9 Å². The van der Waals surface area contributed by atoms with Crippen LogP contribution in [0.25, 0.3) is 0 Å². The first-order valence-corrected chi connectivity index (χ1v) is 13.1. The van der Waals surface area contributed by atoms with Crippen molar-refractivity contribution in [2.24, 2.45) is 0 Å². The highest BCUT2D eigenvalue weighted by Gasteiger charge is 2.35. The highest BCUT2D eigenvalue weighted by molar-refractivity contribution is 9.10. The van der Waals surface area contributed by atoms with Gasteiger partial charge in [-0.15, -0.1) is 0 Å². The van der Waals surface area contributed by atoms with Crippen LogP contribution in [-0.4, -0.2) is 34.0 Å². The lowest BCUT2D eigenvalue weighted by molar-refractivity contribution is -0.137. The van der Waals surface area contributed by atoms with Crippen molar-refractivity contribution in [3.05, 3.63) is 99.0 Å². The summed E-state index contributed by atoms with van der Waals surface area (Å²) >= 11 is 3.46. The average molecular weight is 550 g/mol. The van der Waals surface area contributed by atoms with E-state index < -0.39 is 5.97 Å². The van der Waals surface area contributed by atoms with Crippen molar-refractivity contribution in [2.45, 2.75) is 58.1 Å². The lowest BCUT2D eigenvalue weighted by atomic mass is 9.90. The zero-order chi connectivity index (χ0) is 25.9. The molecule has 188 valence electrons. The van der Waals surface area contributed by atoms with Crippen LogP contribution < -0.4 is 4.74 Å². The molecular weight excluding hydrogens is 518 g/mol. The third-order valence-electron chi connectivity index (χ3n) is 6.60. The summed E-state index contributed by atoms with van der Waals surface area (Å²) in [6, 6.07) is 21.9. The second kappa shape index (κ2) is 10.9. The maximum atomic E-state index is 13.5. The number of hydrogen-bond acceptors (Lipinski definition) is 3. The van der Waals surface area contributed by atoms with Crippen LogP contribution in [0.15, 0.2) is 71.2 Å². The molecule has 0 saturated heterocycles. The number of carbonyl (C=O) groups excluding carboxylic acids is 1. The molecule has 0 radical (unpaired) electrons. The van der Waals surface area contributed by atoms with Gasteiger partial charge in [0, 0.05) is 36.0 Å². The molecule has 0 spiro atoms. The molecule has 1 aliphatic heterocycles. The van der Waals surface area contributed by atoms with E-state index in [2.05, 4.69) is 61.0 Å². The summed E-state index contributed by atoms with van der Waals surface area (Å²) < 4.78 is 7.27. The van der Waals surface area contributed by atoms with Gasteiger partial charge in [0.1, 0.15) is 11.4 Å². The van der Waals surface area contributed by atoms with Gasteiger partial charge in [-0.3, -0.25) is 9.59 Å². The molecule has 1 amide bonds. The molecule has 0 aliphatic carbocycles. The van der Waals surface area contributed by atoms with Crippen molar-refractivity contribution in [2.75, 3.05) is 6.54 Å². The van der Waals surface area contributed by atoms with Crippen molar-refractivity contribution in [1.29, 1.82) is 0 Å². The average Bonchev–Trinajstić information content (AvgIpc) is 3.16. The molecule has 1 aliphatic rings. The topological polar surface area (TPSA) is 66.8 Å². The van der Waals surface area contributed by atoms with E-state index in [0.29, 0.717) is 24.4 Å². The summed E-state index contributed by atoms with van der Waals surface area (Å²) in [7, 11) is 0. The number of rotatable bonds is 9. The Morgan fingerprint density at radius 1 is 1.06 bits per heavy atom. The van der Waals surface area contributed by atoms with Gasteiger partial charge < -0.3 is 14.7 Å². The van der Waals surface area contributed by atoms with Crippen molar-refractivity contribution in [1.82, 2.24) is 4.90 Å². The molecule has 36 heavy (non-hydrogen) atoms. The lowest BCUT2D eigenvalue weighted by Gasteiger charge is -2.24. The minimum atomic E-state index is -0.929. The predicted molar refractivity (Wildman–Crippen MR) is 145 cm³/mol. The molecule has 1 heterocycles. The normalized spacial score (nSPS) is 16.5. The summed E-state index contributed by atoms with van der Waals surface area (Å²) in [5.74, 6) is 0.187. The predicted octanol–water partition coefficient (Wildman–Crippen LogP) is 6.63. The van der Waals surface area contributed by atoms with Crippen LogP contribution in [0, 0.1) is 0 Å². The van der Waals surface area contributed by atoms with E-state index in [1.165, 1.54) is 11.1 Å². The fraction of sp³-hybridized carbons (Fsp3) is 0.333. The van der Waals surface area contributed by atoms with E-state index in [1.807, 2.05) is 36.4 Å². The lowest BCUT2D eigenvalue weighted by Crippen LogP contribution is -2.33. The minimum Gasteiger partial charge on any atom is -0.487 e. The number of nitrogens with zero attached hydrogens (tertiary/aromatic N) is 1. The van der Waals surface area contributed by atoms with E-state index in [9.17, 15) is 14.7 Å². The van der Waals surface area contributed by atoms with E-state index in [-0.39, 0.29) is 24.5 Å². The summed E-state index contributed by atoms with van der Waals surface area (Å²) in [6.45, 7) is 6.96. The zero-order valence-electron chi connectivity index (χ0n) is 21.0. The first-order chi connectivity index (χ1) is 17.1. The maximum absolute atomic E-state index is 13.5. The number of carboxylic acids is 1. The third-order valence-corrected chi connectivity index (χ3v) is 7.09. The molecule has 3 aromatic rings. The Morgan fingerprint density at radius 2 is 1.81 bits per heavy atom. The van der Waals surface area contributed by atoms with E-state index in [1.54, 1.807) is 11.0 Å². The first-order valence-electron chi connectivity index (χ1n) is 12.3. The Bertz CT molecular complexity index is 1250. The number of fused-ring (bicyclic) bond motifs is 1. The highest BCUT2D eigenvalue weighted by atomic mass is 79.9. The summed E-state index contributed by atoms with van der Waals surface area (Å²) in [5, 5.41) is 9.21. The van der Waals surface area contributed by atoms with E-state index in [4.69, 9.17) is 4.74 Å². The third kappa shape index (κ3) is 6.35. The molecule has 0 aromatic heterocycles. The molecule has 5 nitrogen and oxygen atoms in total. The Labute approximate surface area is 221 Å². The zero-order valence-corrected chi connectivity index (χ0v) is 22.5. The van der Waals surface area contributed by atoms with Gasteiger partial charge in [0.25, 0.3) is 5.91 Å². The first kappa shape index (κ1) is 26.0. The van der Waals surface area contributed by atoms with Gasteiger partial charge in [-0.25, -0.2) is 0 Å². The van der Waals surface area contributed by atoms with E-state index >= 15 is 0 Å². The molecule has 0 unspecified atom stereocenters. The molecule has 1 N–H and O–H groups in total. The Hall–Kier alpha value is -3.12. The van der Waals surface area contributed by atoms with Crippen LogP contribution in [0.2, 0.25) is 0 Å². The molecule has 0 saturated carbocycles. The molecule has 4 rings (SSSR count). The van der Waals surface area contributed by atoms with Crippen molar-refractivity contribution in [3.8, 4) is 5.75 Å². The van der Waals surface area contributed by atoms with Crippen LogP contribution in [-0.2, 0) is 24.2 Å². The van der Waals surface area contributed by atoms with Crippen LogP contribution in [0.1, 0.15) is 65.7 Å². The number of carboxylic acid groups (broad SMARTS) is 1. The highest BCUT2D eigenvalue weighted by Crippen LogP contribution is 2.38. The van der Waals surface area contributed by atoms with Gasteiger partial charge in [-0.05, 0) is 65.4 Å². The number of benzene rings is 3. The van der Waals surface area contributed by atoms with Crippen molar-refractivity contribution < 1.29 is 19.4 Å². The van der Waals surface area contributed by atoms with Gasteiger partial charge in [0.05, 0.1) is 6.42 Å². The second-order valence-corrected chi connectivity index (χ2v) is 11.0. The molecule has 6 heteroatoms. The summed E-state index contributed by atoms with van der Waals surface area (Å²) in [5.41, 5.74) is 4.63. The standard InChI is InChI=1S/C30H32BrNO4/c1-20(2)23-9-7-21(8-10-23)17-30(3)18-25-16-24(11-12-27(25)36-30)29(35)32(14-13-28(33)34)19-22-5-4-6-26(31)15-22/h4-12,15-16,20H,13-14,17-19H2,1-3H3,(H,33,34)/t30-/m1/s1. The van der Waals surface area contributed by atoms with Gasteiger partial charge >= 0.3 is 5.97 Å². The smallest absolute Gasteiger partial charge is 0.305 e. The van der Waals surface area contributed by atoms with Crippen LogP contribution in [0.4, 0.5) is 0 Å². The van der Waals surface area contributed by atoms with Gasteiger partial charge in [0.15, 0.2) is 0 Å². The number of halogens is 1. The summed E-state index contributed by atoms with van der Waals surface area (Å²) in [6.07, 6.45) is 1.37. The fourth-order valence-electron chi connectivity index (χ4n) is 4.73. The minimum absolute atomic E-state index is 0.110. The maximum Gasteiger partial charge on any atom is 0.305 e. The van der Waals surface area contributed by atoms with Crippen molar-refractivity contribution >= 4 is 27.8 Å². The molecule has 3 aromatic carbocycles. The second-order valence-electron chi connectivity index (χ2n) is 10.1. The number of aliphatic carboxylic acids is 1. The van der Waals surface area contributed by atoms with E-state index in [0.717, 1.165) is 27.8 Å². The van der Waals surface area contributed by atoms with Crippen molar-refractivity contribution in [3.63, 3.8) is 0 Å². The largest absolute Gasteiger partial charge is 0.487 e. The number of carbonyl (C=O) groups is 2. The monoisotopic (exact) mass is 549 g/mol. The van der Waals surface area contributed by atoms with Gasteiger partial charge in [0.2, 0.25) is 0 Å². The van der Waals surface area contributed by atoms with Crippen LogP contribution in [0.3, 0.4) is 0 Å². The number of ether oxygens (including phenoxy) is 1. The Balaban J connectivity index is 1.50. The number of hydrogen-bond donors (Lipinski definition) is 1. The molecular formula is C30H32BrNO4. The SMILES string of the molecule is CC(C)c1ccc(C[C@]2(C)Cc3cc(C(=O)N(CCC(=O)O)Cc4cccc(Br)c4)ccc3O2)cc1. The van der Waals surface area contributed by atoms with Gasteiger partial charge in [-0.1, -0.05) is 66.2 Å². The summed E-state index contributed by atoms with van der Waals surface area (Å²) in [4.78, 5) is 26.3. The van der Waals surface area contributed by atoms with Gasteiger partial charge in [-0.2, -0.15) is 0 Å².